The maximum absolute atomic E-state index is 12.8. The van der Waals surface area contributed by atoms with Crippen LogP contribution in [-0.2, 0) is 9.47 Å². The lowest BCUT2D eigenvalue weighted by atomic mass is 10.1. The van der Waals surface area contributed by atoms with Crippen molar-refractivity contribution in [2.24, 2.45) is 0 Å². The van der Waals surface area contributed by atoms with Crippen LogP contribution in [0.25, 0.3) is 0 Å². The first-order valence-corrected chi connectivity index (χ1v) is 6.28. The SMILES string of the molecule is CCOC1CC(Oc2ccccc2)C=C(C(F)(F)F)O1. The average molecular weight is 288 g/mol. The maximum Gasteiger partial charge on any atom is 0.448 e. The Morgan fingerprint density at radius 3 is 2.55 bits per heavy atom. The second-order valence-electron chi connectivity index (χ2n) is 4.24. The summed E-state index contributed by atoms with van der Waals surface area (Å²) in [7, 11) is 0. The van der Waals surface area contributed by atoms with Crippen LogP contribution in [0.4, 0.5) is 13.2 Å². The molecule has 110 valence electrons. The Bertz CT molecular complexity index is 456. The van der Waals surface area contributed by atoms with Gasteiger partial charge in [0.05, 0.1) is 6.42 Å². The van der Waals surface area contributed by atoms with Gasteiger partial charge in [-0.2, -0.15) is 13.2 Å². The number of halogens is 3. The fourth-order valence-electron chi connectivity index (χ4n) is 1.86. The number of para-hydroxylation sites is 1. The number of rotatable bonds is 4. The van der Waals surface area contributed by atoms with Crippen LogP contribution in [0.5, 0.6) is 5.75 Å². The van der Waals surface area contributed by atoms with Crippen LogP contribution in [0.2, 0.25) is 0 Å². The molecule has 0 bridgehead atoms. The molecular weight excluding hydrogens is 273 g/mol. The predicted octanol–water partition coefficient (Wildman–Crippen LogP) is 3.66. The van der Waals surface area contributed by atoms with Crippen molar-refractivity contribution in [3.8, 4) is 5.75 Å². The summed E-state index contributed by atoms with van der Waals surface area (Å²) in [5, 5.41) is 0. The molecule has 1 aliphatic heterocycles. The van der Waals surface area contributed by atoms with Crippen LogP contribution in [-0.4, -0.2) is 25.2 Å². The summed E-state index contributed by atoms with van der Waals surface area (Å²) in [5.74, 6) is -0.560. The van der Waals surface area contributed by atoms with Gasteiger partial charge in [0, 0.05) is 12.7 Å². The Morgan fingerprint density at radius 2 is 1.95 bits per heavy atom. The molecule has 1 aromatic carbocycles. The highest BCUT2D eigenvalue weighted by molar-refractivity contribution is 5.22. The van der Waals surface area contributed by atoms with Crippen molar-refractivity contribution < 1.29 is 27.4 Å². The summed E-state index contributed by atoms with van der Waals surface area (Å²) < 4.78 is 53.7. The fourth-order valence-corrected chi connectivity index (χ4v) is 1.86. The molecule has 0 N–H and O–H groups in total. The van der Waals surface area contributed by atoms with Crippen LogP contribution >= 0.6 is 0 Å². The van der Waals surface area contributed by atoms with Gasteiger partial charge in [0.15, 0.2) is 0 Å². The van der Waals surface area contributed by atoms with Gasteiger partial charge >= 0.3 is 6.18 Å². The number of hydrogen-bond donors (Lipinski definition) is 0. The normalized spacial score (nSPS) is 22.9. The molecule has 0 aromatic heterocycles. The van der Waals surface area contributed by atoms with E-state index in [1.165, 1.54) is 0 Å². The van der Waals surface area contributed by atoms with Crippen LogP contribution in [0, 0.1) is 0 Å². The molecule has 2 rings (SSSR count). The molecule has 1 aromatic rings. The van der Waals surface area contributed by atoms with Crippen molar-refractivity contribution in [2.45, 2.75) is 31.9 Å². The van der Waals surface area contributed by atoms with Crippen molar-refractivity contribution in [1.82, 2.24) is 0 Å². The van der Waals surface area contributed by atoms with Crippen LogP contribution in [0.15, 0.2) is 42.2 Å². The lowest BCUT2D eigenvalue weighted by Crippen LogP contribution is -2.34. The number of ether oxygens (including phenoxy) is 3. The quantitative estimate of drug-likeness (QED) is 0.846. The maximum atomic E-state index is 12.8. The molecule has 2 atom stereocenters. The van der Waals surface area contributed by atoms with Gasteiger partial charge in [0.25, 0.3) is 0 Å². The van der Waals surface area contributed by atoms with Crippen molar-refractivity contribution >= 4 is 0 Å². The van der Waals surface area contributed by atoms with Gasteiger partial charge < -0.3 is 14.2 Å². The first-order chi connectivity index (χ1) is 9.49. The van der Waals surface area contributed by atoms with E-state index in [4.69, 9.17) is 14.2 Å². The first-order valence-electron chi connectivity index (χ1n) is 6.28. The molecule has 1 heterocycles. The smallest absolute Gasteiger partial charge is 0.448 e. The Kier molecular flexibility index (Phi) is 4.54. The highest BCUT2D eigenvalue weighted by atomic mass is 19.4. The van der Waals surface area contributed by atoms with Crippen LogP contribution < -0.4 is 4.74 Å². The average Bonchev–Trinajstić information content (AvgIpc) is 2.39. The molecule has 0 aliphatic carbocycles. The number of allylic oxidation sites excluding steroid dienone is 1. The zero-order chi connectivity index (χ0) is 14.6. The van der Waals surface area contributed by atoms with E-state index in [0.717, 1.165) is 6.08 Å². The molecular formula is C14H15F3O3. The Morgan fingerprint density at radius 1 is 1.25 bits per heavy atom. The van der Waals surface area contributed by atoms with Gasteiger partial charge in [-0.3, -0.25) is 0 Å². The van der Waals surface area contributed by atoms with E-state index in [0.29, 0.717) is 5.75 Å². The lowest BCUT2D eigenvalue weighted by Gasteiger charge is -2.30. The van der Waals surface area contributed by atoms with Gasteiger partial charge in [-0.15, -0.1) is 0 Å². The summed E-state index contributed by atoms with van der Waals surface area (Å²) in [6.45, 7) is 1.97. The lowest BCUT2D eigenvalue weighted by molar-refractivity contribution is -0.199. The van der Waals surface area contributed by atoms with E-state index in [1.54, 1.807) is 37.3 Å². The van der Waals surface area contributed by atoms with Crippen molar-refractivity contribution in [3.05, 3.63) is 42.2 Å². The van der Waals surface area contributed by atoms with Crippen LogP contribution in [0.1, 0.15) is 13.3 Å². The molecule has 0 spiro atoms. The van der Waals surface area contributed by atoms with Crippen molar-refractivity contribution in [2.75, 3.05) is 6.61 Å². The number of alkyl halides is 3. The molecule has 0 saturated heterocycles. The largest absolute Gasteiger partial charge is 0.486 e. The highest BCUT2D eigenvalue weighted by Crippen LogP contribution is 2.33. The second-order valence-corrected chi connectivity index (χ2v) is 4.24. The molecule has 0 fully saturated rings. The highest BCUT2D eigenvalue weighted by Gasteiger charge is 2.41. The summed E-state index contributed by atoms with van der Waals surface area (Å²) >= 11 is 0. The van der Waals surface area contributed by atoms with Crippen molar-refractivity contribution in [3.63, 3.8) is 0 Å². The summed E-state index contributed by atoms with van der Waals surface area (Å²) in [4.78, 5) is 0. The molecule has 6 heteroatoms. The predicted molar refractivity (Wildman–Crippen MR) is 66.1 cm³/mol. The van der Waals surface area contributed by atoms with E-state index in [2.05, 4.69) is 0 Å². The molecule has 0 amide bonds. The summed E-state index contributed by atoms with van der Waals surface area (Å²) in [5.41, 5.74) is 0. The zero-order valence-electron chi connectivity index (χ0n) is 10.9. The van der Waals surface area contributed by atoms with Crippen molar-refractivity contribution in [1.29, 1.82) is 0 Å². The first kappa shape index (κ1) is 14.7. The molecule has 3 nitrogen and oxygen atoms in total. The summed E-state index contributed by atoms with van der Waals surface area (Å²) in [6, 6.07) is 8.68. The molecule has 20 heavy (non-hydrogen) atoms. The van der Waals surface area contributed by atoms with Gasteiger partial charge in [-0.25, -0.2) is 0 Å². The third kappa shape index (κ3) is 3.90. The topological polar surface area (TPSA) is 27.7 Å². The summed E-state index contributed by atoms with van der Waals surface area (Å²) in [6.07, 6.45) is -5.08. The Balaban J connectivity index is 2.13. The van der Waals surface area contributed by atoms with Gasteiger partial charge in [-0.05, 0) is 19.1 Å². The third-order valence-electron chi connectivity index (χ3n) is 2.68. The van der Waals surface area contributed by atoms with Gasteiger partial charge in [-0.1, -0.05) is 18.2 Å². The van der Waals surface area contributed by atoms with E-state index < -0.39 is 24.3 Å². The second kappa shape index (κ2) is 6.17. The molecule has 1 aliphatic rings. The Labute approximate surface area is 114 Å². The minimum absolute atomic E-state index is 0.211. The zero-order valence-corrected chi connectivity index (χ0v) is 10.9. The van der Waals surface area contributed by atoms with E-state index in [1.807, 2.05) is 0 Å². The molecule has 0 saturated carbocycles. The van der Waals surface area contributed by atoms with Crippen LogP contribution in [0.3, 0.4) is 0 Å². The van der Waals surface area contributed by atoms with E-state index in [9.17, 15) is 13.2 Å². The monoisotopic (exact) mass is 288 g/mol. The standard InChI is InChI=1S/C14H15F3O3/c1-2-18-13-9-11(8-12(20-13)14(15,16)17)19-10-6-4-3-5-7-10/h3-8,11,13H,2,9H2,1H3. The van der Waals surface area contributed by atoms with Gasteiger partial charge in [0.2, 0.25) is 12.0 Å². The number of benzene rings is 1. The van der Waals surface area contributed by atoms with E-state index in [-0.39, 0.29) is 13.0 Å². The Hall–Kier alpha value is -1.69. The van der Waals surface area contributed by atoms with Gasteiger partial charge in [0.1, 0.15) is 11.9 Å². The fraction of sp³-hybridized carbons (Fsp3) is 0.429. The number of hydrogen-bond acceptors (Lipinski definition) is 3. The third-order valence-corrected chi connectivity index (χ3v) is 2.68. The minimum atomic E-state index is -4.55. The minimum Gasteiger partial charge on any atom is -0.486 e. The molecule has 0 radical (unpaired) electrons. The molecule has 2 unspecified atom stereocenters. The van der Waals surface area contributed by atoms with E-state index >= 15 is 0 Å².